The zero-order chi connectivity index (χ0) is 35.4. The first-order chi connectivity index (χ1) is 24.2. The van der Waals surface area contributed by atoms with E-state index in [1.54, 1.807) is 56.5 Å². The van der Waals surface area contributed by atoms with Gasteiger partial charge in [0.25, 0.3) is 5.56 Å². The summed E-state index contributed by atoms with van der Waals surface area (Å²) in [7, 11) is 3.04. The Morgan fingerprint density at radius 2 is 1.74 bits per heavy atom. The number of ether oxygens (including phenoxy) is 4. The Labute approximate surface area is 295 Å². The van der Waals surface area contributed by atoms with E-state index in [2.05, 4.69) is 0 Å². The lowest BCUT2D eigenvalue weighted by molar-refractivity contribution is -0.138. The molecule has 1 atom stereocenters. The first kappa shape index (κ1) is 34.2. The summed E-state index contributed by atoms with van der Waals surface area (Å²) in [6, 6.07) is 25.4. The van der Waals surface area contributed by atoms with E-state index in [9.17, 15) is 19.5 Å². The second-order valence-electron chi connectivity index (χ2n) is 11.0. The molecule has 50 heavy (non-hydrogen) atoms. The van der Waals surface area contributed by atoms with E-state index in [0.717, 1.165) is 0 Å². The topological polar surface area (TPSA) is 126 Å². The molecule has 12 heteroatoms. The second-order valence-corrected chi connectivity index (χ2v) is 12.4. The van der Waals surface area contributed by atoms with Crippen LogP contribution in [0.1, 0.15) is 45.6 Å². The molecule has 0 bridgehead atoms. The fourth-order valence-electron chi connectivity index (χ4n) is 5.61. The van der Waals surface area contributed by atoms with Crippen molar-refractivity contribution in [2.75, 3.05) is 20.8 Å². The lowest BCUT2D eigenvalue weighted by atomic mass is 9.93. The number of carbonyl (C=O) groups is 2. The van der Waals surface area contributed by atoms with Gasteiger partial charge in [-0.2, -0.15) is 0 Å². The summed E-state index contributed by atoms with van der Waals surface area (Å²) in [5, 5.41) is 9.55. The number of benzene rings is 4. The van der Waals surface area contributed by atoms with Crippen molar-refractivity contribution in [3.05, 3.63) is 149 Å². The Morgan fingerprint density at radius 3 is 2.42 bits per heavy atom. The van der Waals surface area contributed by atoms with Crippen molar-refractivity contribution in [1.82, 2.24) is 4.57 Å². The van der Waals surface area contributed by atoms with Crippen LogP contribution in [0, 0.1) is 0 Å². The van der Waals surface area contributed by atoms with Gasteiger partial charge in [0.1, 0.15) is 12.4 Å². The molecule has 0 saturated carbocycles. The third kappa shape index (κ3) is 6.91. The molecule has 10 nitrogen and oxygen atoms in total. The molecule has 5 aromatic rings. The van der Waals surface area contributed by atoms with Crippen LogP contribution in [-0.4, -0.2) is 42.4 Å². The van der Waals surface area contributed by atoms with Crippen LogP contribution in [0.15, 0.2) is 106 Å². The summed E-state index contributed by atoms with van der Waals surface area (Å²) >= 11 is 7.86. The fourth-order valence-corrected chi connectivity index (χ4v) is 6.88. The summed E-state index contributed by atoms with van der Waals surface area (Å²) in [4.78, 5) is 44.6. The van der Waals surface area contributed by atoms with Gasteiger partial charge >= 0.3 is 11.9 Å². The van der Waals surface area contributed by atoms with E-state index in [0.29, 0.717) is 48.8 Å². The maximum absolute atomic E-state index is 14.3. The number of methoxy groups -OCH3 is 2. The summed E-state index contributed by atoms with van der Waals surface area (Å²) in [6.07, 6.45) is 1.68. The molecular weight excluding hydrogens is 680 g/mol. The number of hydrogen-bond donors (Lipinski definition) is 1. The third-order valence-corrected chi connectivity index (χ3v) is 9.18. The molecule has 1 aliphatic heterocycles. The first-order valence-corrected chi connectivity index (χ1v) is 16.7. The van der Waals surface area contributed by atoms with E-state index in [1.807, 2.05) is 42.5 Å². The highest BCUT2D eigenvalue weighted by Crippen LogP contribution is 2.38. The Balaban J connectivity index is 1.47. The average Bonchev–Trinajstić information content (AvgIpc) is 3.44. The van der Waals surface area contributed by atoms with Crippen LogP contribution in [0.4, 0.5) is 0 Å². The minimum absolute atomic E-state index is 0.0487. The minimum atomic E-state index is -1.04. The Morgan fingerprint density at radius 1 is 0.980 bits per heavy atom. The third-order valence-electron chi connectivity index (χ3n) is 7.91. The number of carbonyl (C=O) groups excluding carboxylic acids is 1. The zero-order valence-electron chi connectivity index (χ0n) is 27.2. The smallest absolute Gasteiger partial charge is 0.338 e. The molecule has 2 heterocycles. The van der Waals surface area contributed by atoms with E-state index >= 15 is 0 Å². The highest BCUT2D eigenvalue weighted by Gasteiger charge is 2.35. The van der Waals surface area contributed by atoms with Gasteiger partial charge in [-0.1, -0.05) is 77.5 Å². The molecule has 0 unspecified atom stereocenters. The molecular formula is C38H31ClN2O8S. The molecule has 0 amide bonds. The number of carboxylic acid groups (broad SMARTS) is 1. The van der Waals surface area contributed by atoms with Crippen molar-refractivity contribution in [1.29, 1.82) is 0 Å². The number of hydrogen-bond acceptors (Lipinski definition) is 9. The molecule has 4 aromatic carbocycles. The fraction of sp³-hybridized carbons (Fsp3) is 0.158. The largest absolute Gasteiger partial charge is 0.497 e. The van der Waals surface area contributed by atoms with Crippen LogP contribution in [0.25, 0.3) is 11.8 Å². The number of halogens is 1. The number of aromatic nitrogens is 1. The lowest BCUT2D eigenvalue weighted by Gasteiger charge is -2.26. The highest BCUT2D eigenvalue weighted by molar-refractivity contribution is 7.07. The maximum Gasteiger partial charge on any atom is 0.338 e. The van der Waals surface area contributed by atoms with Crippen molar-refractivity contribution < 1.29 is 33.6 Å². The van der Waals surface area contributed by atoms with Crippen molar-refractivity contribution in [3.63, 3.8) is 0 Å². The maximum atomic E-state index is 14.3. The molecule has 0 saturated heterocycles. The van der Waals surface area contributed by atoms with Crippen LogP contribution in [0.2, 0.25) is 5.02 Å². The number of thiazole rings is 1. The quantitative estimate of drug-likeness (QED) is 0.169. The number of aromatic carboxylic acids is 1. The van der Waals surface area contributed by atoms with Crippen LogP contribution >= 0.6 is 22.9 Å². The predicted octanol–water partition coefficient (Wildman–Crippen LogP) is 5.88. The summed E-state index contributed by atoms with van der Waals surface area (Å²) in [6.45, 7) is 1.92. The number of esters is 1. The van der Waals surface area contributed by atoms with Crippen molar-refractivity contribution in [3.8, 4) is 17.2 Å². The number of rotatable bonds is 11. The summed E-state index contributed by atoms with van der Waals surface area (Å²) in [5.41, 5.74) is 3.00. The van der Waals surface area contributed by atoms with Gasteiger partial charge < -0.3 is 24.1 Å². The van der Waals surface area contributed by atoms with Gasteiger partial charge in [0.2, 0.25) is 0 Å². The lowest BCUT2D eigenvalue weighted by Crippen LogP contribution is -2.40. The van der Waals surface area contributed by atoms with Crippen LogP contribution in [-0.2, 0) is 16.1 Å². The molecule has 0 radical (unpaired) electrons. The molecule has 0 aliphatic carbocycles. The van der Waals surface area contributed by atoms with Crippen molar-refractivity contribution in [2.24, 2.45) is 4.99 Å². The van der Waals surface area contributed by atoms with Crippen LogP contribution < -0.4 is 29.1 Å². The standard InChI is InChI=1S/C38H31ClN2O8S/c1-4-48-37(45)31-32(24-10-6-5-7-11-24)40-38-41(33(31)25-13-15-27(46-2)16-14-25)35(42)30(50-38)20-23-18-28(39)34(29(19-23)47-3)49-21-22-9-8-12-26(17-22)36(43)44/h5-20,33H,4,21H2,1-3H3,(H,43,44)/b30-20+/t33-/m0/s1. The Bertz CT molecular complexity index is 2300. The molecule has 254 valence electrons. The van der Waals surface area contributed by atoms with Crippen LogP contribution in [0.5, 0.6) is 17.2 Å². The van der Waals surface area contributed by atoms with Crippen molar-refractivity contribution in [2.45, 2.75) is 19.6 Å². The molecule has 1 aromatic heterocycles. The average molecular weight is 711 g/mol. The van der Waals surface area contributed by atoms with E-state index in [4.69, 9.17) is 35.5 Å². The van der Waals surface area contributed by atoms with Gasteiger partial charge in [0, 0.05) is 5.56 Å². The predicted molar refractivity (Wildman–Crippen MR) is 190 cm³/mol. The molecule has 1 aliphatic rings. The van der Waals surface area contributed by atoms with Gasteiger partial charge in [-0.05, 0) is 66.1 Å². The molecule has 0 spiro atoms. The van der Waals surface area contributed by atoms with E-state index < -0.39 is 18.0 Å². The minimum Gasteiger partial charge on any atom is -0.497 e. The van der Waals surface area contributed by atoms with Gasteiger partial charge in [-0.3, -0.25) is 9.36 Å². The highest BCUT2D eigenvalue weighted by atomic mass is 35.5. The normalized spacial score (nSPS) is 14.1. The summed E-state index contributed by atoms with van der Waals surface area (Å²) < 4.78 is 24.3. The van der Waals surface area contributed by atoms with Gasteiger partial charge in [-0.25, -0.2) is 14.6 Å². The van der Waals surface area contributed by atoms with Crippen molar-refractivity contribution >= 4 is 46.6 Å². The monoisotopic (exact) mass is 710 g/mol. The first-order valence-electron chi connectivity index (χ1n) is 15.5. The second kappa shape index (κ2) is 14.9. The number of fused-ring (bicyclic) bond motifs is 1. The zero-order valence-corrected chi connectivity index (χ0v) is 28.8. The Kier molecular flexibility index (Phi) is 10.2. The van der Waals surface area contributed by atoms with E-state index in [1.165, 1.54) is 35.1 Å². The van der Waals surface area contributed by atoms with Crippen LogP contribution in [0.3, 0.4) is 0 Å². The number of nitrogens with zero attached hydrogens (tertiary/aromatic N) is 2. The molecule has 6 rings (SSSR count). The van der Waals surface area contributed by atoms with E-state index in [-0.39, 0.29) is 40.7 Å². The van der Waals surface area contributed by atoms with Gasteiger partial charge in [0.05, 0.1) is 53.3 Å². The summed E-state index contributed by atoms with van der Waals surface area (Å²) in [5.74, 6) is -0.413. The molecule has 1 N–H and O–H groups in total. The Hall–Kier alpha value is -5.65. The molecule has 0 fully saturated rings. The number of carboxylic acids is 1. The SMILES string of the molecule is CCOC(=O)C1=C(c2ccccc2)N=c2s/c(=C/c3cc(Cl)c(OCc4cccc(C(=O)O)c4)c(OC)c3)c(=O)n2[C@H]1c1ccc(OC)cc1. The van der Waals surface area contributed by atoms with Gasteiger partial charge in [0.15, 0.2) is 16.3 Å². The van der Waals surface area contributed by atoms with Gasteiger partial charge in [-0.15, -0.1) is 0 Å².